The molecule has 1 heterocycles. The van der Waals surface area contributed by atoms with Gasteiger partial charge in [-0.05, 0) is 49.9 Å². The third kappa shape index (κ3) is 5.27. The molecule has 2 rings (SSSR count). The van der Waals surface area contributed by atoms with Crippen LogP contribution in [-0.4, -0.2) is 43.4 Å². The van der Waals surface area contributed by atoms with Gasteiger partial charge in [0.15, 0.2) is 0 Å². The summed E-state index contributed by atoms with van der Waals surface area (Å²) in [5.41, 5.74) is 2.50. The SMILES string of the molecule is COc1cc(CN2CCCC(C)C2)ccc1CNCCCO. The number of nitrogens with one attached hydrogen (secondary N) is 1. The highest BCUT2D eigenvalue weighted by Gasteiger charge is 2.16. The predicted molar refractivity (Wildman–Crippen MR) is 90.1 cm³/mol. The molecule has 1 fully saturated rings. The van der Waals surface area contributed by atoms with Gasteiger partial charge in [0.1, 0.15) is 5.75 Å². The fourth-order valence-corrected chi connectivity index (χ4v) is 3.15. The molecule has 0 radical (unpaired) electrons. The van der Waals surface area contributed by atoms with Gasteiger partial charge >= 0.3 is 0 Å². The second-order valence-electron chi connectivity index (χ2n) is 6.38. The first-order chi connectivity index (χ1) is 10.7. The summed E-state index contributed by atoms with van der Waals surface area (Å²) in [6.07, 6.45) is 3.46. The summed E-state index contributed by atoms with van der Waals surface area (Å²) in [7, 11) is 1.74. The minimum absolute atomic E-state index is 0.233. The van der Waals surface area contributed by atoms with E-state index < -0.39 is 0 Å². The number of ether oxygens (including phenoxy) is 1. The van der Waals surface area contributed by atoms with E-state index in [4.69, 9.17) is 9.84 Å². The molecule has 1 unspecified atom stereocenters. The fourth-order valence-electron chi connectivity index (χ4n) is 3.15. The van der Waals surface area contributed by atoms with Gasteiger partial charge in [0.2, 0.25) is 0 Å². The van der Waals surface area contributed by atoms with Crippen molar-refractivity contribution in [2.45, 2.75) is 39.3 Å². The first kappa shape index (κ1) is 17.3. The quantitative estimate of drug-likeness (QED) is 0.724. The molecule has 0 spiro atoms. The number of nitrogens with zero attached hydrogens (tertiary/aromatic N) is 1. The minimum atomic E-state index is 0.233. The molecular formula is C18H30N2O2. The Balaban J connectivity index is 1.92. The fraction of sp³-hybridized carbons (Fsp3) is 0.667. The van der Waals surface area contributed by atoms with Gasteiger partial charge in [-0.15, -0.1) is 0 Å². The van der Waals surface area contributed by atoms with Crippen LogP contribution in [0, 0.1) is 5.92 Å². The summed E-state index contributed by atoms with van der Waals surface area (Å²) in [5.74, 6) is 1.77. The van der Waals surface area contributed by atoms with E-state index in [0.717, 1.165) is 37.7 Å². The van der Waals surface area contributed by atoms with Crippen LogP contribution in [0.3, 0.4) is 0 Å². The van der Waals surface area contributed by atoms with Crippen LogP contribution in [0.4, 0.5) is 0 Å². The molecule has 0 bridgehead atoms. The lowest BCUT2D eigenvalue weighted by Gasteiger charge is -2.31. The molecule has 22 heavy (non-hydrogen) atoms. The number of benzene rings is 1. The molecule has 1 aromatic carbocycles. The van der Waals surface area contributed by atoms with Gasteiger partial charge in [-0.3, -0.25) is 4.90 Å². The van der Waals surface area contributed by atoms with Crippen LogP contribution in [0.2, 0.25) is 0 Å². The number of piperidine rings is 1. The summed E-state index contributed by atoms with van der Waals surface area (Å²) in [4.78, 5) is 2.54. The smallest absolute Gasteiger partial charge is 0.123 e. The maximum absolute atomic E-state index is 8.81. The largest absolute Gasteiger partial charge is 0.496 e. The molecule has 1 aliphatic heterocycles. The first-order valence-corrected chi connectivity index (χ1v) is 8.42. The number of aliphatic hydroxyl groups is 1. The van der Waals surface area contributed by atoms with Crippen LogP contribution < -0.4 is 10.1 Å². The van der Waals surface area contributed by atoms with E-state index in [2.05, 4.69) is 35.3 Å². The zero-order chi connectivity index (χ0) is 15.8. The summed E-state index contributed by atoms with van der Waals surface area (Å²) < 4.78 is 5.55. The Morgan fingerprint density at radius 2 is 2.27 bits per heavy atom. The maximum atomic E-state index is 8.81. The van der Waals surface area contributed by atoms with Crippen molar-refractivity contribution in [3.05, 3.63) is 29.3 Å². The van der Waals surface area contributed by atoms with Gasteiger partial charge in [-0.25, -0.2) is 0 Å². The summed E-state index contributed by atoms with van der Waals surface area (Å²) in [5, 5.41) is 12.1. The lowest BCUT2D eigenvalue weighted by atomic mass is 9.99. The number of aliphatic hydroxyl groups excluding tert-OH is 1. The van der Waals surface area contributed by atoms with Crippen molar-refractivity contribution >= 4 is 0 Å². The Morgan fingerprint density at radius 3 is 3.00 bits per heavy atom. The van der Waals surface area contributed by atoms with Gasteiger partial charge in [-0.1, -0.05) is 19.1 Å². The van der Waals surface area contributed by atoms with Crippen LogP contribution >= 0.6 is 0 Å². The Labute approximate surface area is 134 Å². The van der Waals surface area contributed by atoms with Gasteiger partial charge in [0, 0.05) is 31.8 Å². The van der Waals surface area contributed by atoms with Gasteiger partial charge in [0.25, 0.3) is 0 Å². The molecular weight excluding hydrogens is 276 g/mol. The number of hydrogen-bond acceptors (Lipinski definition) is 4. The molecule has 1 saturated heterocycles. The predicted octanol–water partition coefficient (Wildman–Crippen LogP) is 2.40. The number of likely N-dealkylation sites (tertiary alicyclic amines) is 1. The lowest BCUT2D eigenvalue weighted by Crippen LogP contribution is -2.33. The number of rotatable bonds is 8. The molecule has 0 saturated carbocycles. The van der Waals surface area contributed by atoms with E-state index in [1.54, 1.807) is 7.11 Å². The Hall–Kier alpha value is -1.10. The Bertz CT molecular complexity index is 451. The lowest BCUT2D eigenvalue weighted by molar-refractivity contribution is 0.176. The minimum Gasteiger partial charge on any atom is -0.496 e. The van der Waals surface area contributed by atoms with Crippen molar-refractivity contribution in [1.29, 1.82) is 0 Å². The molecule has 4 heteroatoms. The van der Waals surface area contributed by atoms with E-state index in [9.17, 15) is 0 Å². The van der Waals surface area contributed by atoms with E-state index in [0.29, 0.717) is 0 Å². The van der Waals surface area contributed by atoms with E-state index in [1.165, 1.54) is 37.1 Å². The maximum Gasteiger partial charge on any atom is 0.123 e. The van der Waals surface area contributed by atoms with Crippen molar-refractivity contribution in [2.24, 2.45) is 5.92 Å². The molecule has 0 aromatic heterocycles. The van der Waals surface area contributed by atoms with Gasteiger partial charge in [0.05, 0.1) is 7.11 Å². The highest BCUT2D eigenvalue weighted by molar-refractivity contribution is 5.37. The number of hydrogen-bond donors (Lipinski definition) is 2. The summed E-state index contributed by atoms with van der Waals surface area (Å²) >= 11 is 0. The van der Waals surface area contributed by atoms with Crippen LogP contribution in [0.5, 0.6) is 5.75 Å². The molecule has 1 atom stereocenters. The molecule has 2 N–H and O–H groups in total. The van der Waals surface area contributed by atoms with E-state index in [-0.39, 0.29) is 6.61 Å². The Morgan fingerprint density at radius 1 is 1.41 bits per heavy atom. The van der Waals surface area contributed by atoms with Crippen molar-refractivity contribution in [1.82, 2.24) is 10.2 Å². The standard InChI is InChI=1S/C18H30N2O2/c1-15-5-3-9-20(13-15)14-16-6-7-17(18(11-16)22-2)12-19-8-4-10-21/h6-7,11,15,19,21H,3-5,8-10,12-14H2,1-2H3. The van der Waals surface area contributed by atoms with Crippen molar-refractivity contribution in [2.75, 3.05) is 33.4 Å². The monoisotopic (exact) mass is 306 g/mol. The normalized spacial score (nSPS) is 19.3. The van der Waals surface area contributed by atoms with Crippen LogP contribution in [0.15, 0.2) is 18.2 Å². The van der Waals surface area contributed by atoms with Crippen LogP contribution in [0.1, 0.15) is 37.3 Å². The second-order valence-corrected chi connectivity index (χ2v) is 6.38. The molecule has 1 aromatic rings. The number of methoxy groups -OCH3 is 1. The van der Waals surface area contributed by atoms with Crippen LogP contribution in [-0.2, 0) is 13.1 Å². The Kier molecular flexibility index (Phi) is 7.16. The third-order valence-electron chi connectivity index (χ3n) is 4.33. The summed E-state index contributed by atoms with van der Waals surface area (Å²) in [6, 6.07) is 6.54. The van der Waals surface area contributed by atoms with Gasteiger partial charge < -0.3 is 15.2 Å². The average Bonchev–Trinajstić information content (AvgIpc) is 2.52. The average molecular weight is 306 g/mol. The van der Waals surface area contributed by atoms with Crippen LogP contribution in [0.25, 0.3) is 0 Å². The molecule has 0 aliphatic carbocycles. The first-order valence-electron chi connectivity index (χ1n) is 8.42. The topological polar surface area (TPSA) is 44.7 Å². The van der Waals surface area contributed by atoms with Crippen molar-refractivity contribution in [3.8, 4) is 5.75 Å². The van der Waals surface area contributed by atoms with Crippen molar-refractivity contribution in [3.63, 3.8) is 0 Å². The molecule has 124 valence electrons. The van der Waals surface area contributed by atoms with Crippen molar-refractivity contribution < 1.29 is 9.84 Å². The molecule has 4 nitrogen and oxygen atoms in total. The zero-order valence-corrected chi connectivity index (χ0v) is 14.0. The third-order valence-corrected chi connectivity index (χ3v) is 4.33. The summed E-state index contributed by atoms with van der Waals surface area (Å²) in [6.45, 7) is 7.60. The molecule has 1 aliphatic rings. The second kappa shape index (κ2) is 9.13. The highest BCUT2D eigenvalue weighted by atomic mass is 16.5. The van der Waals surface area contributed by atoms with Gasteiger partial charge in [-0.2, -0.15) is 0 Å². The van der Waals surface area contributed by atoms with E-state index in [1.807, 2.05) is 0 Å². The highest BCUT2D eigenvalue weighted by Crippen LogP contribution is 2.23. The zero-order valence-electron chi connectivity index (χ0n) is 14.0. The van der Waals surface area contributed by atoms with E-state index >= 15 is 0 Å². The molecule has 0 amide bonds.